The Hall–Kier alpha value is -1.12. The summed E-state index contributed by atoms with van der Waals surface area (Å²) >= 11 is 0.319. The van der Waals surface area contributed by atoms with E-state index in [0.717, 1.165) is 4.57 Å². The van der Waals surface area contributed by atoms with E-state index in [1.807, 2.05) is 19.2 Å². The van der Waals surface area contributed by atoms with Crippen molar-refractivity contribution in [3.8, 4) is 10.1 Å². The van der Waals surface area contributed by atoms with Crippen LogP contribution < -0.4 is 4.90 Å². The Morgan fingerprint density at radius 2 is 1.86 bits per heavy atom. The van der Waals surface area contributed by atoms with Gasteiger partial charge in [-0.3, -0.25) is 0 Å². The van der Waals surface area contributed by atoms with E-state index in [9.17, 15) is 0 Å². The molecule has 0 radical (unpaired) electrons. The van der Waals surface area contributed by atoms with Gasteiger partial charge in [0.2, 0.25) is 0 Å². The van der Waals surface area contributed by atoms with E-state index in [2.05, 4.69) is 39.4 Å². The molecule has 4 heteroatoms. The van der Waals surface area contributed by atoms with Gasteiger partial charge in [-0.1, -0.05) is 0 Å². The van der Waals surface area contributed by atoms with Gasteiger partial charge in [0.25, 0.3) is 0 Å². The topological polar surface area (TPSA) is 29.0 Å². The average molecular weight is 252 g/mol. The second-order valence-corrected chi connectivity index (χ2v) is 4.93. The molecular formula is C10H11N3Se. The van der Waals surface area contributed by atoms with E-state index in [1.165, 1.54) is 11.3 Å². The van der Waals surface area contributed by atoms with E-state index in [1.54, 1.807) is 0 Å². The number of nitrogens with zero attached hydrogens (tertiary/aromatic N) is 3. The molecule has 0 fully saturated rings. The van der Waals surface area contributed by atoms with Crippen LogP contribution in [0, 0.1) is 0 Å². The van der Waals surface area contributed by atoms with Gasteiger partial charge in [-0.25, -0.2) is 0 Å². The van der Waals surface area contributed by atoms with Crippen molar-refractivity contribution in [1.82, 2.24) is 10.2 Å². The molecule has 0 amide bonds. The van der Waals surface area contributed by atoms with Crippen LogP contribution in [0.2, 0.25) is 0 Å². The van der Waals surface area contributed by atoms with Crippen LogP contribution in [0.4, 0.5) is 5.69 Å². The van der Waals surface area contributed by atoms with Crippen LogP contribution in [-0.4, -0.2) is 38.8 Å². The molecule has 0 atom stereocenters. The molecule has 1 aromatic heterocycles. The summed E-state index contributed by atoms with van der Waals surface area (Å²) in [6.07, 6.45) is 0. The Morgan fingerprint density at radius 3 is 2.36 bits per heavy atom. The SMILES string of the molecule is CN(C)c1ccc(-c2nnc[se]2)cc1. The van der Waals surface area contributed by atoms with Crippen LogP contribution in [0.15, 0.2) is 29.3 Å². The standard InChI is InChI=1S/C10H11N3Se/c1-13(2)9-5-3-8(4-6-9)10-12-11-7-14-10/h3-7H,1-2H3. The van der Waals surface area contributed by atoms with Crippen LogP contribution in [-0.2, 0) is 0 Å². The molecule has 0 spiro atoms. The van der Waals surface area contributed by atoms with Gasteiger partial charge in [0.05, 0.1) is 0 Å². The number of hydrogen-bond donors (Lipinski definition) is 0. The zero-order chi connectivity index (χ0) is 9.97. The normalized spacial score (nSPS) is 10.1. The summed E-state index contributed by atoms with van der Waals surface area (Å²) in [5.41, 5.74) is 2.40. The first-order valence-corrected chi connectivity index (χ1v) is 6.16. The van der Waals surface area contributed by atoms with E-state index < -0.39 is 0 Å². The predicted octanol–water partition coefficient (Wildman–Crippen LogP) is 1.27. The fourth-order valence-corrected chi connectivity index (χ4v) is 2.38. The van der Waals surface area contributed by atoms with Crippen molar-refractivity contribution in [3.63, 3.8) is 0 Å². The quantitative estimate of drug-likeness (QED) is 0.754. The van der Waals surface area contributed by atoms with Gasteiger partial charge in [-0.15, -0.1) is 0 Å². The number of rotatable bonds is 2. The maximum atomic E-state index is 4.08. The Kier molecular flexibility index (Phi) is 2.66. The first-order valence-electron chi connectivity index (χ1n) is 4.31. The third-order valence-electron chi connectivity index (χ3n) is 1.99. The Morgan fingerprint density at radius 1 is 1.14 bits per heavy atom. The molecule has 3 nitrogen and oxygen atoms in total. The van der Waals surface area contributed by atoms with Crippen molar-refractivity contribution in [2.24, 2.45) is 0 Å². The summed E-state index contributed by atoms with van der Waals surface area (Å²) in [7, 11) is 4.07. The summed E-state index contributed by atoms with van der Waals surface area (Å²) in [4.78, 5) is 2.09. The van der Waals surface area contributed by atoms with E-state index >= 15 is 0 Å². The Labute approximate surface area is 89.1 Å². The summed E-state index contributed by atoms with van der Waals surface area (Å²) in [5, 5.41) is 9.85. The minimum atomic E-state index is 0.319. The molecule has 0 aliphatic rings. The van der Waals surface area contributed by atoms with Crippen molar-refractivity contribution in [2.45, 2.75) is 0 Å². The first-order chi connectivity index (χ1) is 6.77. The number of benzene rings is 1. The third-order valence-corrected chi connectivity index (χ3v) is 3.54. The molecule has 0 aliphatic heterocycles. The van der Waals surface area contributed by atoms with Crippen molar-refractivity contribution < 1.29 is 0 Å². The van der Waals surface area contributed by atoms with Crippen LogP contribution in [0.3, 0.4) is 0 Å². The van der Waals surface area contributed by atoms with Crippen LogP contribution in [0.25, 0.3) is 10.1 Å². The zero-order valence-electron chi connectivity index (χ0n) is 8.14. The van der Waals surface area contributed by atoms with Crippen molar-refractivity contribution in [2.75, 3.05) is 19.0 Å². The van der Waals surface area contributed by atoms with Crippen molar-refractivity contribution in [1.29, 1.82) is 0 Å². The molecule has 1 aromatic carbocycles. The van der Waals surface area contributed by atoms with Gasteiger partial charge in [-0.2, -0.15) is 0 Å². The predicted molar refractivity (Wildman–Crippen MR) is 58.7 cm³/mol. The molecule has 0 aliphatic carbocycles. The number of hydrogen-bond acceptors (Lipinski definition) is 3. The second kappa shape index (κ2) is 3.94. The van der Waals surface area contributed by atoms with Gasteiger partial charge in [0.1, 0.15) is 0 Å². The summed E-state index contributed by atoms with van der Waals surface area (Å²) in [6.45, 7) is 0. The molecular weight excluding hydrogens is 241 g/mol. The summed E-state index contributed by atoms with van der Waals surface area (Å²) in [6, 6.07) is 8.41. The molecule has 2 rings (SSSR count). The average Bonchev–Trinajstić information content (AvgIpc) is 2.71. The molecule has 0 N–H and O–H groups in total. The molecule has 0 saturated carbocycles. The van der Waals surface area contributed by atoms with E-state index in [-0.39, 0.29) is 0 Å². The summed E-state index contributed by atoms with van der Waals surface area (Å²) < 4.78 is 1.11. The van der Waals surface area contributed by atoms with Gasteiger partial charge in [0.15, 0.2) is 0 Å². The molecule has 0 bridgehead atoms. The molecule has 14 heavy (non-hydrogen) atoms. The monoisotopic (exact) mass is 253 g/mol. The van der Waals surface area contributed by atoms with Gasteiger partial charge < -0.3 is 0 Å². The van der Waals surface area contributed by atoms with Crippen LogP contribution in [0.5, 0.6) is 0 Å². The molecule has 72 valence electrons. The van der Waals surface area contributed by atoms with Crippen LogP contribution in [0.1, 0.15) is 0 Å². The summed E-state index contributed by atoms with van der Waals surface area (Å²) in [5.74, 6) is 0. The van der Waals surface area contributed by atoms with Gasteiger partial charge >= 0.3 is 88.9 Å². The maximum absolute atomic E-state index is 4.08. The third kappa shape index (κ3) is 1.86. The Balaban J connectivity index is 2.31. The van der Waals surface area contributed by atoms with Gasteiger partial charge in [-0.05, 0) is 0 Å². The van der Waals surface area contributed by atoms with E-state index in [0.29, 0.717) is 14.5 Å². The van der Waals surface area contributed by atoms with E-state index in [4.69, 9.17) is 0 Å². The van der Waals surface area contributed by atoms with Crippen LogP contribution >= 0.6 is 0 Å². The zero-order valence-corrected chi connectivity index (χ0v) is 9.85. The first kappa shape index (κ1) is 9.44. The molecule has 0 saturated heterocycles. The second-order valence-electron chi connectivity index (χ2n) is 3.19. The van der Waals surface area contributed by atoms with Gasteiger partial charge in [0, 0.05) is 0 Å². The fraction of sp³-hybridized carbons (Fsp3) is 0.200. The fourth-order valence-electron chi connectivity index (χ4n) is 1.20. The Bertz CT molecular complexity index is 392. The minimum absolute atomic E-state index is 0.319. The number of aromatic nitrogens is 2. The number of anilines is 1. The van der Waals surface area contributed by atoms with Crippen molar-refractivity contribution >= 4 is 20.2 Å². The molecule has 1 heterocycles. The van der Waals surface area contributed by atoms with Crippen molar-refractivity contribution in [3.05, 3.63) is 29.3 Å². The molecule has 0 unspecified atom stereocenters. The molecule has 2 aromatic rings.